The molecule has 7 heteroatoms. The number of halogens is 7. The lowest BCUT2D eigenvalue weighted by Crippen LogP contribution is -2.32. The van der Waals surface area contributed by atoms with E-state index >= 15 is 0 Å². The van der Waals surface area contributed by atoms with Crippen LogP contribution in [0.3, 0.4) is 0 Å². The van der Waals surface area contributed by atoms with Crippen LogP contribution in [-0.2, 0) is 0 Å². The first-order chi connectivity index (χ1) is 4.15. The highest BCUT2D eigenvalue weighted by Gasteiger charge is 2.45. The fourth-order valence-corrected chi connectivity index (χ4v) is 1.67. The maximum atomic E-state index is 5.44. The van der Waals surface area contributed by atoms with Crippen LogP contribution in [0.15, 0.2) is 0 Å². The molecule has 0 aromatic heterocycles. The number of rotatable bonds is 0. The number of hydrogen-bond donors (Lipinski definition) is 0. The van der Waals surface area contributed by atoms with Gasteiger partial charge < -0.3 is 0 Å². The molecular formula is C3HCl7. The normalized spacial score (nSPS) is 14.4. The van der Waals surface area contributed by atoms with Crippen LogP contribution >= 0.6 is 81.2 Å². The predicted molar refractivity (Wildman–Crippen MR) is 50.2 cm³/mol. The van der Waals surface area contributed by atoms with E-state index in [-0.39, 0.29) is 0 Å². The van der Waals surface area contributed by atoms with Gasteiger partial charge in [-0.1, -0.05) is 69.6 Å². The maximum absolute atomic E-state index is 5.44. The minimum Gasteiger partial charge on any atom is -0.114 e. The van der Waals surface area contributed by atoms with Gasteiger partial charge in [0.15, 0.2) is 0 Å². The van der Waals surface area contributed by atoms with E-state index in [1.54, 1.807) is 0 Å². The van der Waals surface area contributed by atoms with Crippen molar-refractivity contribution in [3.05, 3.63) is 0 Å². The van der Waals surface area contributed by atoms with Gasteiger partial charge in [-0.15, -0.1) is 11.6 Å². The third-order valence-electron chi connectivity index (χ3n) is 0.575. The highest BCUT2D eigenvalue weighted by molar-refractivity contribution is 6.76. The highest BCUT2D eigenvalue weighted by Crippen LogP contribution is 2.46. The maximum Gasteiger partial charge on any atom is 0.210 e. The van der Waals surface area contributed by atoms with E-state index < -0.39 is 13.0 Å². The summed E-state index contributed by atoms with van der Waals surface area (Å²) in [6.07, 6.45) is 0. The van der Waals surface area contributed by atoms with E-state index in [2.05, 4.69) is 0 Å². The van der Waals surface area contributed by atoms with Gasteiger partial charge in [-0.05, 0) is 0 Å². The van der Waals surface area contributed by atoms with Gasteiger partial charge in [0.2, 0.25) is 7.59 Å². The second kappa shape index (κ2) is 3.83. The van der Waals surface area contributed by atoms with Crippen LogP contribution in [0.2, 0.25) is 0 Å². The molecule has 0 saturated heterocycles. The second-order valence-electron chi connectivity index (χ2n) is 1.45. The summed E-state index contributed by atoms with van der Waals surface area (Å²) in [4.78, 5) is 0. The average Bonchev–Trinajstić information content (AvgIpc) is 1.59. The van der Waals surface area contributed by atoms with Crippen LogP contribution in [0.25, 0.3) is 0 Å². The quantitative estimate of drug-likeness (QED) is 0.581. The summed E-state index contributed by atoms with van der Waals surface area (Å²) in [5.41, 5.74) is 0. The molecule has 0 aliphatic heterocycles. The van der Waals surface area contributed by atoms with Crippen LogP contribution < -0.4 is 0 Å². The molecule has 0 N–H and O–H groups in total. The molecule has 0 rings (SSSR count). The monoisotopic (exact) mass is 282 g/mol. The SMILES string of the molecule is ClC(C(Cl)(Cl)Cl)C(Cl)(Cl)Cl. The third kappa shape index (κ3) is 4.15. The van der Waals surface area contributed by atoms with E-state index in [4.69, 9.17) is 81.2 Å². The van der Waals surface area contributed by atoms with Gasteiger partial charge in [0.1, 0.15) is 5.38 Å². The van der Waals surface area contributed by atoms with Crippen molar-refractivity contribution < 1.29 is 0 Å². The zero-order chi connectivity index (χ0) is 8.58. The first-order valence-electron chi connectivity index (χ1n) is 1.93. The largest absolute Gasteiger partial charge is 0.210 e. The van der Waals surface area contributed by atoms with Crippen molar-refractivity contribution in [3.63, 3.8) is 0 Å². The van der Waals surface area contributed by atoms with Crippen LogP contribution in [0.1, 0.15) is 0 Å². The molecule has 0 amide bonds. The Labute approximate surface area is 93.6 Å². The second-order valence-corrected chi connectivity index (χ2v) is 6.62. The molecule has 0 aliphatic rings. The standard InChI is InChI=1S/C3HCl7/c4-1(2(5,6)7)3(8,9)10/h1H. The molecule has 0 heterocycles. The Morgan fingerprint density at radius 1 is 0.700 bits per heavy atom. The Hall–Kier alpha value is 2.03. The smallest absolute Gasteiger partial charge is 0.114 e. The Morgan fingerprint density at radius 3 is 0.900 bits per heavy atom. The van der Waals surface area contributed by atoms with Gasteiger partial charge in [-0.2, -0.15) is 0 Å². The van der Waals surface area contributed by atoms with Gasteiger partial charge in [-0.25, -0.2) is 0 Å². The molecule has 0 bridgehead atoms. The minimum absolute atomic E-state index is 1.17. The minimum atomic E-state index is -1.77. The molecule has 0 atom stereocenters. The van der Waals surface area contributed by atoms with E-state index in [9.17, 15) is 0 Å². The summed E-state index contributed by atoms with van der Waals surface area (Å²) >= 11 is 37.3. The lowest BCUT2D eigenvalue weighted by molar-refractivity contribution is 0.900. The average molecular weight is 285 g/mol. The topological polar surface area (TPSA) is 0 Å². The van der Waals surface area contributed by atoms with Gasteiger partial charge in [-0.3, -0.25) is 0 Å². The summed E-state index contributed by atoms with van der Waals surface area (Å²) in [7, 11) is 0. The molecule has 0 spiro atoms. The Balaban J connectivity index is 4.23. The molecule has 10 heavy (non-hydrogen) atoms. The number of hydrogen-bond acceptors (Lipinski definition) is 0. The number of alkyl halides is 7. The lowest BCUT2D eigenvalue weighted by atomic mass is 10.5. The summed E-state index contributed by atoms with van der Waals surface area (Å²) in [6, 6.07) is 0. The molecule has 0 fully saturated rings. The first-order valence-corrected chi connectivity index (χ1v) is 4.63. The zero-order valence-corrected chi connectivity index (χ0v) is 9.51. The van der Waals surface area contributed by atoms with Crippen molar-refractivity contribution in [2.24, 2.45) is 0 Å². The highest BCUT2D eigenvalue weighted by atomic mass is 35.6. The summed E-state index contributed by atoms with van der Waals surface area (Å²) in [6.45, 7) is 0. The molecule has 0 aromatic carbocycles. The van der Waals surface area contributed by atoms with Crippen molar-refractivity contribution in [2.45, 2.75) is 13.0 Å². The fourth-order valence-electron chi connectivity index (χ4n) is 0.186. The summed E-state index contributed by atoms with van der Waals surface area (Å²) in [5.74, 6) is 0. The molecule has 0 saturated carbocycles. The van der Waals surface area contributed by atoms with Gasteiger partial charge in [0, 0.05) is 0 Å². The summed E-state index contributed by atoms with van der Waals surface area (Å²) in [5, 5.41) is -1.17. The third-order valence-corrected chi connectivity index (χ3v) is 3.21. The van der Waals surface area contributed by atoms with E-state index in [0.29, 0.717) is 0 Å². The van der Waals surface area contributed by atoms with E-state index in [0.717, 1.165) is 0 Å². The predicted octanol–water partition coefficient (Wildman–Crippen LogP) is 4.33. The van der Waals surface area contributed by atoms with Crippen LogP contribution in [-0.4, -0.2) is 13.0 Å². The Morgan fingerprint density at radius 2 is 0.900 bits per heavy atom. The molecule has 62 valence electrons. The Kier molecular flexibility index (Phi) is 4.60. The summed E-state index contributed by atoms with van der Waals surface area (Å²) < 4.78 is -3.54. The van der Waals surface area contributed by atoms with Crippen LogP contribution in [0.5, 0.6) is 0 Å². The molecule has 0 unspecified atom stereocenters. The van der Waals surface area contributed by atoms with E-state index in [1.807, 2.05) is 0 Å². The molecule has 0 nitrogen and oxygen atoms in total. The molecule has 0 aromatic rings. The molecule has 0 radical (unpaired) electrons. The Bertz CT molecular complexity index is 93.0. The van der Waals surface area contributed by atoms with Gasteiger partial charge in [0.05, 0.1) is 0 Å². The van der Waals surface area contributed by atoms with Crippen molar-refractivity contribution in [1.82, 2.24) is 0 Å². The first kappa shape index (κ1) is 12.0. The fraction of sp³-hybridized carbons (Fsp3) is 1.00. The van der Waals surface area contributed by atoms with Crippen molar-refractivity contribution in [3.8, 4) is 0 Å². The zero-order valence-electron chi connectivity index (χ0n) is 4.22. The van der Waals surface area contributed by atoms with Crippen molar-refractivity contribution >= 4 is 81.2 Å². The molecular weight excluding hydrogens is 284 g/mol. The van der Waals surface area contributed by atoms with Crippen LogP contribution in [0, 0.1) is 0 Å². The molecule has 0 aliphatic carbocycles. The van der Waals surface area contributed by atoms with Crippen molar-refractivity contribution in [2.75, 3.05) is 0 Å². The van der Waals surface area contributed by atoms with Crippen LogP contribution in [0.4, 0.5) is 0 Å². The lowest BCUT2D eigenvalue weighted by Gasteiger charge is -2.24. The van der Waals surface area contributed by atoms with Gasteiger partial charge in [0.25, 0.3) is 0 Å². The van der Waals surface area contributed by atoms with E-state index in [1.165, 1.54) is 0 Å². The van der Waals surface area contributed by atoms with Crippen molar-refractivity contribution in [1.29, 1.82) is 0 Å². The van der Waals surface area contributed by atoms with Gasteiger partial charge >= 0.3 is 0 Å².